The number of thioether (sulfide) groups is 1. The highest BCUT2D eigenvalue weighted by molar-refractivity contribution is 8.04. The van der Waals surface area contributed by atoms with Gasteiger partial charge in [0.25, 0.3) is 11.8 Å². The fourth-order valence-electron chi connectivity index (χ4n) is 3.49. The molecule has 0 saturated heterocycles. The average molecular weight is 449 g/mol. The van der Waals surface area contributed by atoms with Gasteiger partial charge in [0, 0.05) is 15.6 Å². The first-order valence-electron chi connectivity index (χ1n) is 9.96. The van der Waals surface area contributed by atoms with Crippen LogP contribution in [0.15, 0.2) is 88.3 Å². The number of halogens is 1. The van der Waals surface area contributed by atoms with Crippen LogP contribution >= 0.6 is 23.4 Å². The number of anilines is 2. The smallest absolute Gasteiger partial charge is 0.283 e. The number of rotatable bonds is 6. The third-order valence-electron chi connectivity index (χ3n) is 5.06. The Morgan fingerprint density at radius 3 is 2.35 bits per heavy atom. The van der Waals surface area contributed by atoms with E-state index in [0.717, 1.165) is 28.1 Å². The lowest BCUT2D eigenvalue weighted by Crippen LogP contribution is -2.33. The average Bonchev–Trinajstić information content (AvgIpc) is 2.99. The quantitative estimate of drug-likeness (QED) is 0.456. The standard InChI is InChI=1S/C25H21ClN2O2S/c1-3-17-9-7-8-12-20(17)27-22-23(31-19-10-5-4-6-11-19)25(30)28(24(22)29)21-14-13-18(26)15-16(21)2/h4-15,27H,3H2,1-2H3. The molecule has 31 heavy (non-hydrogen) atoms. The van der Waals surface area contributed by atoms with Crippen LogP contribution in [0.4, 0.5) is 11.4 Å². The van der Waals surface area contributed by atoms with Crippen LogP contribution in [0.3, 0.4) is 0 Å². The topological polar surface area (TPSA) is 49.4 Å². The van der Waals surface area contributed by atoms with E-state index in [0.29, 0.717) is 15.6 Å². The summed E-state index contributed by atoms with van der Waals surface area (Å²) in [5.74, 6) is -0.722. The number of aryl methyl sites for hydroxylation is 2. The van der Waals surface area contributed by atoms with Gasteiger partial charge < -0.3 is 5.32 Å². The van der Waals surface area contributed by atoms with Gasteiger partial charge in [0.1, 0.15) is 10.6 Å². The van der Waals surface area contributed by atoms with Crippen LogP contribution in [-0.2, 0) is 16.0 Å². The van der Waals surface area contributed by atoms with E-state index < -0.39 is 0 Å². The SMILES string of the molecule is CCc1ccccc1NC1=C(Sc2ccccc2)C(=O)N(c2ccc(Cl)cc2C)C1=O. The van der Waals surface area contributed by atoms with Gasteiger partial charge >= 0.3 is 0 Å². The third kappa shape index (κ3) is 4.24. The first-order valence-corrected chi connectivity index (χ1v) is 11.2. The summed E-state index contributed by atoms with van der Waals surface area (Å²) in [6.45, 7) is 3.89. The molecule has 3 aromatic carbocycles. The molecule has 1 N–H and O–H groups in total. The molecule has 0 aromatic heterocycles. The van der Waals surface area contributed by atoms with Crippen LogP contribution in [0.1, 0.15) is 18.1 Å². The van der Waals surface area contributed by atoms with Gasteiger partial charge in [-0.1, -0.05) is 66.7 Å². The maximum atomic E-state index is 13.5. The minimum absolute atomic E-state index is 0.286. The number of nitrogens with one attached hydrogen (secondary N) is 1. The number of para-hydroxylation sites is 1. The fourth-order valence-corrected chi connectivity index (χ4v) is 4.67. The van der Waals surface area contributed by atoms with Gasteiger partial charge in [0.2, 0.25) is 0 Å². The molecule has 1 aliphatic heterocycles. The summed E-state index contributed by atoms with van der Waals surface area (Å²) in [6.07, 6.45) is 0.805. The number of nitrogens with zero attached hydrogens (tertiary/aromatic N) is 1. The van der Waals surface area contributed by atoms with Crippen molar-refractivity contribution >= 4 is 46.6 Å². The predicted octanol–water partition coefficient (Wildman–Crippen LogP) is 6.20. The maximum Gasteiger partial charge on any atom is 0.283 e. The Bertz CT molecular complexity index is 1190. The lowest BCUT2D eigenvalue weighted by Gasteiger charge is -2.18. The Morgan fingerprint density at radius 1 is 0.935 bits per heavy atom. The lowest BCUT2D eigenvalue weighted by atomic mass is 10.1. The minimum atomic E-state index is -0.375. The van der Waals surface area contributed by atoms with E-state index in [1.807, 2.05) is 61.5 Å². The largest absolute Gasteiger partial charge is 0.350 e. The molecule has 156 valence electrons. The zero-order valence-corrected chi connectivity index (χ0v) is 18.8. The predicted molar refractivity (Wildman–Crippen MR) is 127 cm³/mol. The zero-order valence-electron chi connectivity index (χ0n) is 17.2. The van der Waals surface area contributed by atoms with Gasteiger partial charge in [0.15, 0.2) is 0 Å². The molecule has 3 aromatic rings. The van der Waals surface area contributed by atoms with Gasteiger partial charge in [-0.05, 0) is 60.9 Å². The van der Waals surface area contributed by atoms with Crippen molar-refractivity contribution in [3.8, 4) is 0 Å². The first-order chi connectivity index (χ1) is 15.0. The van der Waals surface area contributed by atoms with Crippen LogP contribution in [0.2, 0.25) is 5.02 Å². The van der Waals surface area contributed by atoms with Crippen LogP contribution < -0.4 is 10.2 Å². The second-order valence-corrected chi connectivity index (χ2v) is 8.65. The fraction of sp³-hybridized carbons (Fsp3) is 0.120. The summed E-state index contributed by atoms with van der Waals surface area (Å²) in [6, 6.07) is 22.5. The number of hydrogen-bond donors (Lipinski definition) is 1. The van der Waals surface area contributed by atoms with Gasteiger partial charge in [-0.3, -0.25) is 9.59 Å². The summed E-state index contributed by atoms with van der Waals surface area (Å²) >= 11 is 7.38. The number of hydrogen-bond acceptors (Lipinski definition) is 4. The van der Waals surface area contributed by atoms with Crippen LogP contribution in [0, 0.1) is 6.92 Å². The summed E-state index contributed by atoms with van der Waals surface area (Å²) in [5, 5.41) is 3.82. The number of carbonyl (C=O) groups is 2. The first kappa shape index (κ1) is 21.2. The summed E-state index contributed by atoms with van der Waals surface area (Å²) < 4.78 is 0. The molecule has 0 unspecified atom stereocenters. The van der Waals surface area contributed by atoms with Gasteiger partial charge in [-0.2, -0.15) is 0 Å². The Hall–Kier alpha value is -3.02. The van der Waals surface area contributed by atoms with Crippen molar-refractivity contribution < 1.29 is 9.59 Å². The zero-order chi connectivity index (χ0) is 22.0. The normalized spacial score (nSPS) is 13.8. The molecule has 0 fully saturated rings. The molecule has 2 amide bonds. The van der Waals surface area contributed by atoms with E-state index in [4.69, 9.17) is 11.6 Å². The van der Waals surface area contributed by atoms with E-state index in [1.54, 1.807) is 18.2 Å². The Morgan fingerprint density at radius 2 is 1.65 bits per heavy atom. The Kier molecular flexibility index (Phi) is 6.16. The number of amides is 2. The molecule has 4 nitrogen and oxygen atoms in total. The molecule has 4 rings (SSSR count). The van der Waals surface area contributed by atoms with Gasteiger partial charge in [0.05, 0.1) is 5.69 Å². The van der Waals surface area contributed by atoms with E-state index in [9.17, 15) is 9.59 Å². The van der Waals surface area contributed by atoms with Crippen molar-refractivity contribution in [1.29, 1.82) is 0 Å². The van der Waals surface area contributed by atoms with E-state index in [2.05, 4.69) is 12.2 Å². The van der Waals surface area contributed by atoms with Crippen LogP contribution in [0.25, 0.3) is 0 Å². The molecule has 1 aliphatic rings. The van der Waals surface area contributed by atoms with E-state index in [1.165, 1.54) is 16.7 Å². The summed E-state index contributed by atoms with van der Waals surface area (Å²) in [4.78, 5) is 29.5. The van der Waals surface area contributed by atoms with Crippen molar-refractivity contribution in [2.75, 3.05) is 10.2 Å². The van der Waals surface area contributed by atoms with Crippen molar-refractivity contribution in [3.63, 3.8) is 0 Å². The van der Waals surface area contributed by atoms with Gasteiger partial charge in [-0.15, -0.1) is 0 Å². The lowest BCUT2D eigenvalue weighted by molar-refractivity contribution is -0.120. The van der Waals surface area contributed by atoms with Gasteiger partial charge in [-0.25, -0.2) is 4.90 Å². The second-order valence-electron chi connectivity index (χ2n) is 7.13. The molecule has 0 spiro atoms. The molecule has 0 atom stereocenters. The third-order valence-corrected chi connectivity index (χ3v) is 6.39. The highest BCUT2D eigenvalue weighted by Crippen LogP contribution is 2.39. The van der Waals surface area contributed by atoms with E-state index in [-0.39, 0.29) is 17.5 Å². The molecular weight excluding hydrogens is 428 g/mol. The number of carbonyl (C=O) groups excluding carboxylic acids is 2. The molecule has 1 heterocycles. The molecule has 0 radical (unpaired) electrons. The van der Waals surface area contributed by atoms with E-state index >= 15 is 0 Å². The highest BCUT2D eigenvalue weighted by atomic mass is 35.5. The summed E-state index contributed by atoms with van der Waals surface area (Å²) in [5.41, 5.74) is 3.47. The van der Waals surface area contributed by atoms with Crippen molar-refractivity contribution in [2.45, 2.75) is 25.2 Å². The Labute approximate surface area is 190 Å². The van der Waals surface area contributed by atoms with Crippen LogP contribution in [0.5, 0.6) is 0 Å². The monoisotopic (exact) mass is 448 g/mol. The molecule has 0 saturated carbocycles. The van der Waals surface area contributed by atoms with Crippen molar-refractivity contribution in [1.82, 2.24) is 0 Å². The molecule has 6 heteroatoms. The minimum Gasteiger partial charge on any atom is -0.350 e. The molecule has 0 aliphatic carbocycles. The highest BCUT2D eigenvalue weighted by Gasteiger charge is 2.41. The maximum absolute atomic E-state index is 13.5. The van der Waals surface area contributed by atoms with Crippen molar-refractivity contribution in [2.24, 2.45) is 0 Å². The van der Waals surface area contributed by atoms with Crippen LogP contribution in [-0.4, -0.2) is 11.8 Å². The molecular formula is C25H21ClN2O2S. The number of benzene rings is 3. The van der Waals surface area contributed by atoms with Crippen molar-refractivity contribution in [3.05, 3.63) is 99.5 Å². The number of imide groups is 1. The Balaban J connectivity index is 1.79. The second kappa shape index (κ2) is 9.00. The molecule has 0 bridgehead atoms. The summed E-state index contributed by atoms with van der Waals surface area (Å²) in [7, 11) is 0.